The Labute approximate surface area is 114 Å². The van der Waals surface area contributed by atoms with Crippen molar-refractivity contribution >= 4 is 11.7 Å². The first-order chi connectivity index (χ1) is 8.90. The number of anilines is 1. The first-order valence-corrected chi connectivity index (χ1v) is 6.66. The zero-order valence-electron chi connectivity index (χ0n) is 12.1. The molecule has 1 N–H and O–H groups in total. The quantitative estimate of drug-likeness (QED) is 0.883. The van der Waals surface area contributed by atoms with E-state index in [1.807, 2.05) is 11.9 Å². The van der Waals surface area contributed by atoms with Crippen molar-refractivity contribution in [2.24, 2.45) is 0 Å². The van der Waals surface area contributed by atoms with E-state index in [-0.39, 0.29) is 0 Å². The van der Waals surface area contributed by atoms with Gasteiger partial charge in [0.25, 0.3) is 0 Å². The van der Waals surface area contributed by atoms with Gasteiger partial charge in [0.2, 0.25) is 0 Å². The van der Waals surface area contributed by atoms with E-state index in [2.05, 4.69) is 37.8 Å². The maximum absolute atomic E-state index is 11.3. The SMILES string of the molecule is Cc1cc(C)c(N2CCN(C)C(C(=O)O)C2)c(C)c1. The minimum absolute atomic E-state index is 0.422. The molecule has 0 radical (unpaired) electrons. The van der Waals surface area contributed by atoms with Gasteiger partial charge in [0.15, 0.2) is 0 Å². The molecular weight excluding hydrogens is 240 g/mol. The van der Waals surface area contributed by atoms with E-state index < -0.39 is 12.0 Å². The number of hydrogen-bond donors (Lipinski definition) is 1. The molecule has 1 aromatic carbocycles. The topological polar surface area (TPSA) is 43.8 Å². The second-order valence-corrected chi connectivity index (χ2v) is 5.53. The highest BCUT2D eigenvalue weighted by Crippen LogP contribution is 2.28. The lowest BCUT2D eigenvalue weighted by Gasteiger charge is -2.39. The molecule has 0 aliphatic carbocycles. The second kappa shape index (κ2) is 5.21. The molecule has 0 spiro atoms. The Morgan fingerprint density at radius 1 is 1.21 bits per heavy atom. The van der Waals surface area contributed by atoms with Crippen LogP contribution in [0.5, 0.6) is 0 Å². The summed E-state index contributed by atoms with van der Waals surface area (Å²) < 4.78 is 0. The lowest BCUT2D eigenvalue weighted by Crippen LogP contribution is -2.55. The summed E-state index contributed by atoms with van der Waals surface area (Å²) in [5.74, 6) is -0.741. The van der Waals surface area contributed by atoms with E-state index in [9.17, 15) is 9.90 Å². The number of rotatable bonds is 2. The molecule has 1 fully saturated rings. The molecule has 0 amide bonds. The number of benzene rings is 1. The molecule has 104 valence electrons. The van der Waals surface area contributed by atoms with Crippen LogP contribution < -0.4 is 4.90 Å². The number of carbonyl (C=O) groups is 1. The number of carboxylic acids is 1. The van der Waals surface area contributed by atoms with Crippen LogP contribution in [0, 0.1) is 20.8 Å². The lowest BCUT2D eigenvalue weighted by atomic mass is 10.0. The minimum Gasteiger partial charge on any atom is -0.480 e. The van der Waals surface area contributed by atoms with Crippen LogP contribution in [-0.4, -0.2) is 48.7 Å². The number of hydrogen-bond acceptors (Lipinski definition) is 3. The Balaban J connectivity index is 2.30. The van der Waals surface area contributed by atoms with E-state index in [0.717, 1.165) is 13.1 Å². The third-order valence-corrected chi connectivity index (χ3v) is 3.88. The zero-order chi connectivity index (χ0) is 14.2. The Morgan fingerprint density at radius 2 is 1.79 bits per heavy atom. The fourth-order valence-corrected chi connectivity index (χ4v) is 3.01. The average molecular weight is 262 g/mol. The van der Waals surface area contributed by atoms with Crippen LogP contribution in [0.4, 0.5) is 5.69 Å². The molecule has 19 heavy (non-hydrogen) atoms. The highest BCUT2D eigenvalue weighted by atomic mass is 16.4. The fraction of sp³-hybridized carbons (Fsp3) is 0.533. The third kappa shape index (κ3) is 2.73. The Kier molecular flexibility index (Phi) is 3.80. The van der Waals surface area contributed by atoms with Crippen molar-refractivity contribution in [3.8, 4) is 0 Å². The van der Waals surface area contributed by atoms with Gasteiger partial charge in [-0.1, -0.05) is 17.7 Å². The van der Waals surface area contributed by atoms with Gasteiger partial charge in [-0.2, -0.15) is 0 Å². The first kappa shape index (κ1) is 13.9. The summed E-state index contributed by atoms with van der Waals surface area (Å²) in [6.07, 6.45) is 0. The van der Waals surface area contributed by atoms with Gasteiger partial charge in [0, 0.05) is 25.3 Å². The van der Waals surface area contributed by atoms with Crippen LogP contribution >= 0.6 is 0 Å². The van der Waals surface area contributed by atoms with Gasteiger partial charge in [-0.15, -0.1) is 0 Å². The molecule has 1 saturated heterocycles. The van der Waals surface area contributed by atoms with E-state index in [0.29, 0.717) is 6.54 Å². The normalized spacial score (nSPS) is 20.6. The predicted octanol–water partition coefficient (Wildman–Crippen LogP) is 1.82. The summed E-state index contributed by atoms with van der Waals surface area (Å²) in [6.45, 7) is 8.51. The van der Waals surface area contributed by atoms with Crippen LogP contribution in [-0.2, 0) is 4.79 Å². The molecule has 4 nitrogen and oxygen atoms in total. The highest BCUT2D eigenvalue weighted by molar-refractivity contribution is 5.75. The Bertz CT molecular complexity index is 476. The van der Waals surface area contributed by atoms with E-state index in [4.69, 9.17) is 0 Å². The number of nitrogens with zero attached hydrogens (tertiary/aromatic N) is 2. The van der Waals surface area contributed by atoms with E-state index in [1.54, 1.807) is 0 Å². The minimum atomic E-state index is -0.741. The van der Waals surface area contributed by atoms with E-state index >= 15 is 0 Å². The number of aliphatic carboxylic acids is 1. The van der Waals surface area contributed by atoms with Gasteiger partial charge >= 0.3 is 5.97 Å². The number of piperazine rings is 1. The molecule has 1 atom stereocenters. The number of carboxylic acid groups (broad SMARTS) is 1. The number of aryl methyl sites for hydroxylation is 3. The molecule has 1 aromatic rings. The van der Waals surface area contributed by atoms with Crippen molar-refractivity contribution < 1.29 is 9.90 Å². The summed E-state index contributed by atoms with van der Waals surface area (Å²) in [6, 6.07) is 3.90. The van der Waals surface area contributed by atoms with Crippen molar-refractivity contribution in [3.63, 3.8) is 0 Å². The largest absolute Gasteiger partial charge is 0.480 e. The second-order valence-electron chi connectivity index (χ2n) is 5.53. The molecule has 1 heterocycles. The van der Waals surface area contributed by atoms with Crippen LogP contribution in [0.15, 0.2) is 12.1 Å². The van der Waals surface area contributed by atoms with Crippen molar-refractivity contribution in [2.45, 2.75) is 26.8 Å². The maximum Gasteiger partial charge on any atom is 0.322 e. The Hall–Kier alpha value is -1.55. The van der Waals surface area contributed by atoms with Crippen molar-refractivity contribution in [1.82, 2.24) is 4.90 Å². The van der Waals surface area contributed by atoms with Crippen LogP contribution in [0.1, 0.15) is 16.7 Å². The maximum atomic E-state index is 11.3. The molecule has 2 rings (SSSR count). The molecule has 0 saturated carbocycles. The van der Waals surface area contributed by atoms with Gasteiger partial charge in [-0.25, -0.2) is 0 Å². The molecule has 1 unspecified atom stereocenters. The third-order valence-electron chi connectivity index (χ3n) is 3.88. The van der Waals surface area contributed by atoms with Gasteiger partial charge in [-0.05, 0) is 38.9 Å². The number of likely N-dealkylation sites (N-methyl/N-ethyl adjacent to an activating group) is 1. The highest BCUT2D eigenvalue weighted by Gasteiger charge is 2.30. The Morgan fingerprint density at radius 3 is 2.32 bits per heavy atom. The van der Waals surface area contributed by atoms with Gasteiger partial charge in [-0.3, -0.25) is 9.69 Å². The van der Waals surface area contributed by atoms with Crippen LogP contribution in [0.3, 0.4) is 0 Å². The van der Waals surface area contributed by atoms with E-state index in [1.165, 1.54) is 22.4 Å². The lowest BCUT2D eigenvalue weighted by molar-refractivity contribution is -0.142. The summed E-state index contributed by atoms with van der Waals surface area (Å²) in [5, 5.41) is 9.29. The summed E-state index contributed by atoms with van der Waals surface area (Å²) >= 11 is 0. The molecule has 0 bridgehead atoms. The van der Waals surface area contributed by atoms with Gasteiger partial charge in [0.05, 0.1) is 0 Å². The summed E-state index contributed by atoms with van der Waals surface area (Å²) in [7, 11) is 1.88. The molecule has 1 aliphatic rings. The standard InChI is InChI=1S/C15H22N2O2/c1-10-7-11(2)14(12(3)8-10)17-6-5-16(4)13(9-17)15(18)19/h7-8,13H,5-6,9H2,1-4H3,(H,18,19). The molecule has 4 heteroatoms. The van der Waals surface area contributed by atoms with Crippen molar-refractivity contribution in [2.75, 3.05) is 31.6 Å². The molecule has 1 aliphatic heterocycles. The van der Waals surface area contributed by atoms with Gasteiger partial charge in [0.1, 0.15) is 6.04 Å². The monoisotopic (exact) mass is 262 g/mol. The molecule has 0 aromatic heterocycles. The smallest absolute Gasteiger partial charge is 0.322 e. The first-order valence-electron chi connectivity index (χ1n) is 6.66. The predicted molar refractivity (Wildman–Crippen MR) is 76.9 cm³/mol. The van der Waals surface area contributed by atoms with Crippen LogP contribution in [0.25, 0.3) is 0 Å². The molecular formula is C15H22N2O2. The summed E-state index contributed by atoms with van der Waals surface area (Å²) in [4.78, 5) is 15.4. The zero-order valence-corrected chi connectivity index (χ0v) is 12.1. The fourth-order valence-electron chi connectivity index (χ4n) is 3.01. The van der Waals surface area contributed by atoms with Crippen molar-refractivity contribution in [3.05, 3.63) is 28.8 Å². The van der Waals surface area contributed by atoms with Crippen LogP contribution in [0.2, 0.25) is 0 Å². The average Bonchev–Trinajstić information content (AvgIpc) is 2.29. The summed E-state index contributed by atoms with van der Waals surface area (Å²) in [5.41, 5.74) is 4.91. The van der Waals surface area contributed by atoms with Crippen molar-refractivity contribution in [1.29, 1.82) is 0 Å². The van der Waals surface area contributed by atoms with Gasteiger partial charge < -0.3 is 10.0 Å².